The highest BCUT2D eigenvalue weighted by atomic mass is 16.5. The van der Waals surface area contributed by atoms with Gasteiger partial charge in [-0.05, 0) is 74.4 Å². The largest absolute Gasteiger partial charge is 0.497 e. The molecule has 204 valence electrons. The molecule has 2 heterocycles. The Hall–Kier alpha value is -4.58. The summed E-state index contributed by atoms with van der Waals surface area (Å²) in [5, 5.41) is 4.71. The van der Waals surface area contributed by atoms with Gasteiger partial charge in [0.1, 0.15) is 23.7 Å². The number of methoxy groups -OCH3 is 1. The number of nitrogens with one attached hydrogen (secondary N) is 1. The smallest absolute Gasteiger partial charge is 0.151 e. The van der Waals surface area contributed by atoms with Crippen molar-refractivity contribution < 1.29 is 9.47 Å². The minimum atomic E-state index is -0.210. The average molecular weight is 533 g/mol. The minimum Gasteiger partial charge on any atom is -0.497 e. The first-order chi connectivity index (χ1) is 19.6. The summed E-state index contributed by atoms with van der Waals surface area (Å²) < 4.78 is 12.0. The summed E-state index contributed by atoms with van der Waals surface area (Å²) >= 11 is 0. The van der Waals surface area contributed by atoms with Crippen molar-refractivity contribution >= 4 is 22.4 Å². The topological polar surface area (TPSA) is 59.5 Å². The molecule has 0 aliphatic carbocycles. The van der Waals surface area contributed by atoms with Crippen LogP contribution < -0.4 is 19.7 Å². The number of aromatic nitrogens is 2. The standard InChI is InChI=1S/C34H36N4O2/c1-5-38(6-2)28-17-14-26(15-18-28)32(37-31-9-7-8-22-35-31)30-21-16-27-13-10-24(3)36-33(27)34(30)40-23-25-11-19-29(39-4)20-12-25/h7-22,32H,5-6,23H2,1-4H3,(H,35,37). The van der Waals surface area contributed by atoms with E-state index in [2.05, 4.69) is 71.5 Å². The Balaban J connectivity index is 1.60. The number of hydrogen-bond donors (Lipinski definition) is 1. The lowest BCUT2D eigenvalue weighted by molar-refractivity contribution is 0.305. The van der Waals surface area contributed by atoms with E-state index < -0.39 is 0 Å². The second kappa shape index (κ2) is 12.5. The molecule has 5 aromatic rings. The molecule has 2 aromatic heterocycles. The van der Waals surface area contributed by atoms with Crippen LogP contribution in [-0.4, -0.2) is 30.2 Å². The molecule has 0 amide bonds. The number of benzene rings is 3. The van der Waals surface area contributed by atoms with Crippen molar-refractivity contribution in [2.24, 2.45) is 0 Å². The normalized spacial score (nSPS) is 11.7. The summed E-state index contributed by atoms with van der Waals surface area (Å²) in [6.45, 7) is 8.70. The number of ether oxygens (including phenoxy) is 2. The maximum Gasteiger partial charge on any atom is 0.151 e. The van der Waals surface area contributed by atoms with Crippen LogP contribution in [0.25, 0.3) is 10.9 Å². The molecule has 0 radical (unpaired) electrons. The Morgan fingerprint density at radius 1 is 0.850 bits per heavy atom. The molecule has 0 spiro atoms. The van der Waals surface area contributed by atoms with Gasteiger partial charge in [0, 0.05) is 41.6 Å². The molecule has 6 nitrogen and oxygen atoms in total. The summed E-state index contributed by atoms with van der Waals surface area (Å²) in [5.74, 6) is 2.37. The molecule has 0 saturated heterocycles. The Labute approximate surface area is 236 Å². The summed E-state index contributed by atoms with van der Waals surface area (Å²) in [4.78, 5) is 11.8. The van der Waals surface area contributed by atoms with Crippen LogP contribution in [0.2, 0.25) is 0 Å². The van der Waals surface area contributed by atoms with Crippen molar-refractivity contribution in [2.45, 2.75) is 33.4 Å². The minimum absolute atomic E-state index is 0.210. The highest BCUT2D eigenvalue weighted by Crippen LogP contribution is 2.38. The van der Waals surface area contributed by atoms with Crippen molar-refractivity contribution in [2.75, 3.05) is 30.4 Å². The van der Waals surface area contributed by atoms with Gasteiger partial charge in [0.2, 0.25) is 0 Å². The molecule has 40 heavy (non-hydrogen) atoms. The van der Waals surface area contributed by atoms with Crippen LogP contribution in [0.4, 0.5) is 11.5 Å². The Kier molecular flexibility index (Phi) is 8.45. The quantitative estimate of drug-likeness (QED) is 0.189. The van der Waals surface area contributed by atoms with Crippen molar-refractivity contribution in [3.8, 4) is 11.5 Å². The molecule has 6 heteroatoms. The molecule has 3 aromatic carbocycles. The fourth-order valence-electron chi connectivity index (χ4n) is 4.94. The van der Waals surface area contributed by atoms with Crippen molar-refractivity contribution in [3.63, 3.8) is 0 Å². The third-order valence-electron chi connectivity index (χ3n) is 7.15. The zero-order chi connectivity index (χ0) is 27.9. The first kappa shape index (κ1) is 27.0. The SMILES string of the molecule is CCN(CC)c1ccc(C(Nc2ccccn2)c2ccc3ccc(C)nc3c2OCc2ccc(OC)cc2)cc1. The molecule has 1 N–H and O–H groups in total. The number of hydrogen-bond acceptors (Lipinski definition) is 6. The van der Waals surface area contributed by atoms with E-state index in [0.717, 1.165) is 63.7 Å². The predicted molar refractivity (Wildman–Crippen MR) is 164 cm³/mol. The Bertz CT molecular complexity index is 1530. The van der Waals surface area contributed by atoms with Crippen LogP contribution in [-0.2, 0) is 6.61 Å². The highest BCUT2D eigenvalue weighted by Gasteiger charge is 2.22. The summed E-state index contributed by atoms with van der Waals surface area (Å²) in [7, 11) is 1.67. The first-order valence-corrected chi connectivity index (χ1v) is 13.8. The van der Waals surface area contributed by atoms with Crippen molar-refractivity contribution in [1.82, 2.24) is 9.97 Å². The number of rotatable bonds is 11. The van der Waals surface area contributed by atoms with E-state index in [1.807, 2.05) is 55.5 Å². The molecule has 0 bridgehead atoms. The van der Waals surface area contributed by atoms with Crippen molar-refractivity contribution in [3.05, 3.63) is 120 Å². The molecule has 0 saturated carbocycles. The van der Waals surface area contributed by atoms with E-state index in [1.54, 1.807) is 13.3 Å². The molecule has 5 rings (SSSR count). The number of aryl methyl sites for hydroxylation is 1. The summed E-state index contributed by atoms with van der Waals surface area (Å²) in [6.07, 6.45) is 1.80. The number of anilines is 2. The fraction of sp³-hybridized carbons (Fsp3) is 0.235. The van der Waals surface area contributed by atoms with Gasteiger partial charge in [0.25, 0.3) is 0 Å². The molecule has 0 aliphatic rings. The summed E-state index contributed by atoms with van der Waals surface area (Å²) in [5.41, 5.74) is 6.16. The monoisotopic (exact) mass is 532 g/mol. The number of pyridine rings is 2. The molecule has 1 unspecified atom stereocenters. The van der Waals surface area contributed by atoms with Gasteiger partial charge in [-0.15, -0.1) is 0 Å². The highest BCUT2D eigenvalue weighted by molar-refractivity contribution is 5.86. The molecule has 1 atom stereocenters. The second-order valence-electron chi connectivity index (χ2n) is 9.70. The number of fused-ring (bicyclic) bond motifs is 1. The van der Waals surface area contributed by atoms with Crippen molar-refractivity contribution in [1.29, 1.82) is 0 Å². The van der Waals surface area contributed by atoms with Gasteiger partial charge >= 0.3 is 0 Å². The second-order valence-corrected chi connectivity index (χ2v) is 9.70. The van der Waals surface area contributed by atoms with Crippen LogP contribution in [0.5, 0.6) is 11.5 Å². The average Bonchev–Trinajstić information content (AvgIpc) is 3.00. The maximum atomic E-state index is 6.63. The Morgan fingerprint density at radius 2 is 1.60 bits per heavy atom. The lowest BCUT2D eigenvalue weighted by Crippen LogP contribution is -2.22. The van der Waals surface area contributed by atoms with Crippen LogP contribution >= 0.6 is 0 Å². The van der Waals surface area contributed by atoms with E-state index >= 15 is 0 Å². The van der Waals surface area contributed by atoms with E-state index in [1.165, 1.54) is 5.69 Å². The van der Waals surface area contributed by atoms with E-state index in [9.17, 15) is 0 Å². The van der Waals surface area contributed by atoms with Crippen LogP contribution in [0.3, 0.4) is 0 Å². The van der Waals surface area contributed by atoms with Gasteiger partial charge in [-0.2, -0.15) is 0 Å². The molecular weight excluding hydrogens is 496 g/mol. The van der Waals surface area contributed by atoms with Gasteiger partial charge in [-0.25, -0.2) is 9.97 Å². The zero-order valence-electron chi connectivity index (χ0n) is 23.6. The maximum absolute atomic E-state index is 6.63. The van der Waals surface area contributed by atoms with Gasteiger partial charge in [0.15, 0.2) is 5.75 Å². The fourth-order valence-corrected chi connectivity index (χ4v) is 4.94. The summed E-state index contributed by atoms with van der Waals surface area (Å²) in [6, 6.07) is 30.8. The number of nitrogens with zero attached hydrogens (tertiary/aromatic N) is 3. The molecule has 0 aliphatic heterocycles. The molecule has 0 fully saturated rings. The lowest BCUT2D eigenvalue weighted by atomic mass is 9.95. The third kappa shape index (κ3) is 6.01. The molecular formula is C34H36N4O2. The lowest BCUT2D eigenvalue weighted by Gasteiger charge is -2.25. The Morgan fingerprint density at radius 3 is 2.27 bits per heavy atom. The van der Waals surface area contributed by atoms with Gasteiger partial charge in [-0.3, -0.25) is 0 Å². The van der Waals surface area contributed by atoms with Gasteiger partial charge < -0.3 is 19.7 Å². The van der Waals surface area contributed by atoms with Crippen LogP contribution in [0.15, 0.2) is 97.2 Å². The van der Waals surface area contributed by atoms with Gasteiger partial charge in [0.05, 0.1) is 13.2 Å². The van der Waals surface area contributed by atoms with Crippen LogP contribution in [0.1, 0.15) is 42.3 Å². The van der Waals surface area contributed by atoms with Crippen LogP contribution in [0, 0.1) is 6.92 Å². The van der Waals surface area contributed by atoms with E-state index in [0.29, 0.717) is 6.61 Å². The zero-order valence-corrected chi connectivity index (χ0v) is 23.6. The van der Waals surface area contributed by atoms with E-state index in [-0.39, 0.29) is 6.04 Å². The third-order valence-corrected chi connectivity index (χ3v) is 7.15. The first-order valence-electron chi connectivity index (χ1n) is 13.8. The van der Waals surface area contributed by atoms with E-state index in [4.69, 9.17) is 14.5 Å². The van der Waals surface area contributed by atoms with Gasteiger partial charge in [-0.1, -0.05) is 48.5 Å². The predicted octanol–water partition coefficient (Wildman–Crippen LogP) is 7.57.